The van der Waals surface area contributed by atoms with Crippen molar-refractivity contribution in [3.63, 3.8) is 0 Å². The number of ketones is 2. The molecule has 1 heterocycles. The Morgan fingerprint density at radius 1 is 1.36 bits per heavy atom. The maximum Gasteiger partial charge on any atom is 0.231 e. The van der Waals surface area contributed by atoms with Crippen LogP contribution in [0.15, 0.2) is 29.5 Å². The Balaban J connectivity index is 2.03. The average molecular weight is 302 g/mol. The molecule has 3 rings (SSSR count). The molecule has 1 aromatic rings. The molecule has 0 fully saturated rings. The van der Waals surface area contributed by atoms with Gasteiger partial charge in [0.2, 0.25) is 6.79 Å². The number of fused-ring (bicyclic) bond motifs is 1. The molecule has 0 radical (unpaired) electrons. The van der Waals surface area contributed by atoms with Crippen molar-refractivity contribution < 1.29 is 24.2 Å². The summed E-state index contributed by atoms with van der Waals surface area (Å²) in [6, 6.07) is 5.45. The van der Waals surface area contributed by atoms with Gasteiger partial charge in [-0.15, -0.1) is 0 Å². The minimum Gasteiger partial charge on any atom is -0.511 e. The fourth-order valence-corrected chi connectivity index (χ4v) is 3.03. The van der Waals surface area contributed by atoms with Crippen LogP contribution in [0.25, 0.3) is 0 Å². The number of Topliss-reactive ketones (excluding diaryl/α,β-unsaturated/α-hetero) is 2. The van der Waals surface area contributed by atoms with E-state index in [9.17, 15) is 14.7 Å². The summed E-state index contributed by atoms with van der Waals surface area (Å²) in [4.78, 5) is 24.2. The molecule has 2 aliphatic rings. The highest BCUT2D eigenvalue weighted by atomic mass is 16.7. The number of aliphatic hydroxyl groups excluding tert-OH is 1. The summed E-state index contributed by atoms with van der Waals surface area (Å²) in [7, 11) is 0. The van der Waals surface area contributed by atoms with Gasteiger partial charge in [-0.3, -0.25) is 9.59 Å². The maximum atomic E-state index is 12.1. The van der Waals surface area contributed by atoms with Gasteiger partial charge in [0.25, 0.3) is 0 Å². The average Bonchev–Trinajstić information content (AvgIpc) is 2.96. The van der Waals surface area contributed by atoms with Crippen LogP contribution in [0, 0.1) is 0 Å². The third-order valence-corrected chi connectivity index (χ3v) is 4.08. The number of allylic oxidation sites excluding steroid dienone is 2. The summed E-state index contributed by atoms with van der Waals surface area (Å²) < 4.78 is 10.8. The summed E-state index contributed by atoms with van der Waals surface area (Å²) in [5.74, 6) is 0.152. The summed E-state index contributed by atoms with van der Waals surface area (Å²) in [6.07, 6.45) is 1.63. The molecule has 0 spiro atoms. The molecule has 1 atom stereocenters. The highest BCUT2D eigenvalue weighted by Gasteiger charge is 2.35. The van der Waals surface area contributed by atoms with Gasteiger partial charge in [0.15, 0.2) is 23.1 Å². The highest BCUT2D eigenvalue weighted by molar-refractivity contribution is 6.21. The topological polar surface area (TPSA) is 72.8 Å². The summed E-state index contributed by atoms with van der Waals surface area (Å²) in [5, 5.41) is 10.5. The summed E-state index contributed by atoms with van der Waals surface area (Å²) in [6.45, 7) is 2.01. The Kier molecular flexibility index (Phi) is 3.88. The van der Waals surface area contributed by atoms with Crippen LogP contribution in [-0.4, -0.2) is 23.5 Å². The largest absolute Gasteiger partial charge is 0.511 e. The molecular weight excluding hydrogens is 284 g/mol. The molecule has 22 heavy (non-hydrogen) atoms. The number of benzene rings is 1. The van der Waals surface area contributed by atoms with Crippen molar-refractivity contribution in [2.24, 2.45) is 0 Å². The third-order valence-electron chi connectivity index (χ3n) is 4.08. The van der Waals surface area contributed by atoms with Crippen LogP contribution in [0.3, 0.4) is 0 Å². The van der Waals surface area contributed by atoms with E-state index in [4.69, 9.17) is 9.47 Å². The molecule has 1 aliphatic carbocycles. The van der Waals surface area contributed by atoms with Crippen molar-refractivity contribution in [3.05, 3.63) is 35.1 Å². The molecule has 1 aliphatic heterocycles. The molecule has 0 saturated heterocycles. The molecule has 0 amide bonds. The van der Waals surface area contributed by atoms with E-state index in [1.165, 1.54) is 0 Å². The van der Waals surface area contributed by atoms with Crippen molar-refractivity contribution in [2.75, 3.05) is 6.79 Å². The minimum atomic E-state index is -0.398. The monoisotopic (exact) mass is 302 g/mol. The van der Waals surface area contributed by atoms with Crippen LogP contribution < -0.4 is 9.47 Å². The standard InChI is InChI=1S/C17H18O5/c1-2-4-12(18)15-13(19)8-7-10(16(15)20)11-5-3-6-14-17(11)22-9-21-14/h3,5-6,10,20H,2,4,7-9H2,1H3. The van der Waals surface area contributed by atoms with Gasteiger partial charge in [0.05, 0.1) is 5.57 Å². The Morgan fingerprint density at radius 3 is 2.95 bits per heavy atom. The van der Waals surface area contributed by atoms with E-state index in [1.807, 2.05) is 19.1 Å². The zero-order valence-electron chi connectivity index (χ0n) is 12.4. The zero-order valence-corrected chi connectivity index (χ0v) is 12.4. The van der Waals surface area contributed by atoms with Gasteiger partial charge >= 0.3 is 0 Å². The number of ether oxygens (including phenoxy) is 2. The lowest BCUT2D eigenvalue weighted by Gasteiger charge is -2.24. The first-order chi connectivity index (χ1) is 10.6. The molecule has 1 aromatic carbocycles. The first-order valence-corrected chi connectivity index (χ1v) is 7.51. The van der Waals surface area contributed by atoms with Crippen molar-refractivity contribution >= 4 is 11.6 Å². The minimum absolute atomic E-state index is 0.0328. The molecule has 1 N–H and O–H groups in total. The fourth-order valence-electron chi connectivity index (χ4n) is 3.03. The van der Waals surface area contributed by atoms with Crippen LogP contribution in [0.2, 0.25) is 0 Å². The van der Waals surface area contributed by atoms with E-state index in [0.29, 0.717) is 24.3 Å². The highest BCUT2D eigenvalue weighted by Crippen LogP contribution is 2.44. The second-order valence-electron chi connectivity index (χ2n) is 5.53. The zero-order chi connectivity index (χ0) is 15.7. The van der Waals surface area contributed by atoms with Gasteiger partial charge in [0, 0.05) is 24.3 Å². The van der Waals surface area contributed by atoms with Gasteiger partial charge < -0.3 is 14.6 Å². The van der Waals surface area contributed by atoms with Crippen molar-refractivity contribution in [2.45, 2.75) is 38.5 Å². The summed E-state index contributed by atoms with van der Waals surface area (Å²) >= 11 is 0. The second-order valence-corrected chi connectivity index (χ2v) is 5.53. The first-order valence-electron chi connectivity index (χ1n) is 7.51. The first kappa shape index (κ1) is 14.6. The smallest absolute Gasteiger partial charge is 0.231 e. The maximum absolute atomic E-state index is 12.1. The van der Waals surface area contributed by atoms with Crippen LogP contribution in [0.5, 0.6) is 11.5 Å². The van der Waals surface area contributed by atoms with E-state index in [2.05, 4.69) is 0 Å². The van der Waals surface area contributed by atoms with Gasteiger partial charge in [-0.05, 0) is 18.9 Å². The Hall–Kier alpha value is -2.30. The third kappa shape index (κ3) is 2.36. The normalized spacial score (nSPS) is 20.4. The molecule has 0 bridgehead atoms. The number of aliphatic hydroxyl groups is 1. The van der Waals surface area contributed by atoms with Crippen molar-refractivity contribution in [1.82, 2.24) is 0 Å². The number of hydrogen-bond acceptors (Lipinski definition) is 5. The van der Waals surface area contributed by atoms with Crippen LogP contribution in [0.1, 0.15) is 44.1 Å². The molecule has 0 aromatic heterocycles. The molecule has 116 valence electrons. The van der Waals surface area contributed by atoms with Crippen molar-refractivity contribution in [1.29, 1.82) is 0 Å². The lowest BCUT2D eigenvalue weighted by molar-refractivity contribution is -0.122. The predicted octanol–water partition coefficient (Wildman–Crippen LogP) is 3.04. The quantitative estimate of drug-likeness (QED) is 0.865. The fraction of sp³-hybridized carbons (Fsp3) is 0.412. The Morgan fingerprint density at radius 2 is 2.18 bits per heavy atom. The Bertz CT molecular complexity index is 659. The van der Waals surface area contributed by atoms with E-state index in [1.54, 1.807) is 6.07 Å². The van der Waals surface area contributed by atoms with Gasteiger partial charge in [-0.2, -0.15) is 0 Å². The predicted molar refractivity (Wildman–Crippen MR) is 79.1 cm³/mol. The van der Waals surface area contributed by atoms with Crippen LogP contribution >= 0.6 is 0 Å². The van der Waals surface area contributed by atoms with E-state index < -0.39 is 5.92 Å². The number of hydrogen-bond donors (Lipinski definition) is 1. The van der Waals surface area contributed by atoms with Crippen LogP contribution in [0.4, 0.5) is 0 Å². The molecular formula is C17H18O5. The summed E-state index contributed by atoms with van der Waals surface area (Å²) in [5.41, 5.74) is 0.733. The molecule has 1 unspecified atom stereocenters. The molecule has 5 nitrogen and oxygen atoms in total. The number of rotatable bonds is 4. The second kappa shape index (κ2) is 5.83. The van der Waals surface area contributed by atoms with Gasteiger partial charge in [0.1, 0.15) is 5.76 Å². The Labute approximate surface area is 128 Å². The molecule has 0 saturated carbocycles. The number of para-hydroxylation sites is 1. The van der Waals surface area contributed by atoms with E-state index in [-0.39, 0.29) is 42.5 Å². The molecule has 5 heteroatoms. The lowest BCUT2D eigenvalue weighted by atomic mass is 9.81. The van der Waals surface area contributed by atoms with Crippen molar-refractivity contribution in [3.8, 4) is 11.5 Å². The van der Waals surface area contributed by atoms with E-state index >= 15 is 0 Å². The number of carbonyl (C=O) groups excluding carboxylic acids is 2. The SMILES string of the molecule is CCCC(=O)C1=C(O)C(c2cccc3c2OCO3)CCC1=O. The van der Waals surface area contributed by atoms with Gasteiger partial charge in [-0.1, -0.05) is 19.1 Å². The lowest BCUT2D eigenvalue weighted by Crippen LogP contribution is -2.24. The number of carbonyl (C=O) groups is 2. The van der Waals surface area contributed by atoms with Gasteiger partial charge in [-0.25, -0.2) is 0 Å². The van der Waals surface area contributed by atoms with E-state index in [0.717, 1.165) is 5.56 Å². The van der Waals surface area contributed by atoms with Crippen LogP contribution in [-0.2, 0) is 9.59 Å².